The van der Waals surface area contributed by atoms with Gasteiger partial charge in [0.05, 0.1) is 25.4 Å². The molecule has 0 aromatic heterocycles. The van der Waals surface area contributed by atoms with Gasteiger partial charge in [0, 0.05) is 0 Å². The first-order chi connectivity index (χ1) is 16.6. The largest absolute Gasteiger partial charge is 0.461 e. The average Bonchev–Trinajstić information content (AvgIpc) is 2.76. The van der Waals surface area contributed by atoms with Crippen LogP contribution < -0.4 is 5.09 Å². The van der Waals surface area contributed by atoms with Crippen molar-refractivity contribution in [1.82, 2.24) is 5.09 Å². The Morgan fingerprint density at radius 1 is 0.944 bits per heavy atom. The number of ether oxygens (including phenoxy) is 2. The molecule has 0 radical (unpaired) electrons. The molecule has 0 amide bonds. The lowest BCUT2D eigenvalue weighted by atomic mass is 10.1. The summed E-state index contributed by atoms with van der Waals surface area (Å²) >= 11 is 0. The lowest BCUT2D eigenvalue weighted by molar-refractivity contribution is -0.175. The number of nitrogens with one attached hydrogen (secondary N) is 1. The maximum absolute atomic E-state index is 13.8. The Bertz CT molecular complexity index is 947. The van der Waals surface area contributed by atoms with Crippen molar-refractivity contribution in [2.45, 2.75) is 78.2 Å². The predicted molar refractivity (Wildman–Crippen MR) is 131 cm³/mol. The Hall–Kier alpha value is -1.62. The molecule has 1 rings (SSSR count). The van der Waals surface area contributed by atoms with Gasteiger partial charge in [-0.3, -0.25) is 18.1 Å². The third-order valence-electron chi connectivity index (χ3n) is 4.57. The summed E-state index contributed by atoms with van der Waals surface area (Å²) < 4.78 is 52.9. The van der Waals surface area contributed by atoms with Gasteiger partial charge in [-0.25, -0.2) is 19.2 Å². The van der Waals surface area contributed by atoms with Crippen LogP contribution in [0.3, 0.4) is 0 Å². The van der Waals surface area contributed by atoms with Gasteiger partial charge >= 0.3 is 27.3 Å². The first kappa shape index (κ1) is 32.4. The van der Waals surface area contributed by atoms with Gasteiger partial charge in [0.25, 0.3) is 0 Å². The number of aliphatic hydroxyl groups excluding tert-OH is 1. The Labute approximate surface area is 211 Å². The Kier molecular flexibility index (Phi) is 12.4. The summed E-state index contributed by atoms with van der Waals surface area (Å²) in [5, 5.41) is 10.8. The average molecular weight is 553 g/mol. The van der Waals surface area contributed by atoms with E-state index in [1.807, 2.05) is 0 Å². The number of carbonyl (C=O) groups is 2. The molecule has 14 heteroatoms. The lowest BCUT2D eigenvalue weighted by Crippen LogP contribution is -2.47. The van der Waals surface area contributed by atoms with E-state index in [9.17, 15) is 28.7 Å². The van der Waals surface area contributed by atoms with Crippen LogP contribution in [0.2, 0.25) is 0 Å². The lowest BCUT2D eigenvalue weighted by Gasteiger charge is -2.38. The zero-order valence-corrected chi connectivity index (χ0v) is 23.4. The number of aliphatic hydroxyl groups is 1. The first-order valence-electron chi connectivity index (χ1n) is 11.5. The number of hydrogen-bond donors (Lipinski definition) is 3. The molecule has 1 unspecified atom stereocenters. The molecule has 3 N–H and O–H groups in total. The van der Waals surface area contributed by atoms with E-state index in [2.05, 4.69) is 5.09 Å². The van der Waals surface area contributed by atoms with Gasteiger partial charge in [0.15, 0.2) is 11.4 Å². The van der Waals surface area contributed by atoms with Crippen molar-refractivity contribution in [2.75, 3.05) is 13.2 Å². The highest BCUT2D eigenvalue weighted by Gasteiger charge is 2.54. The molecule has 4 atom stereocenters. The topological polar surface area (TPSA) is 167 Å². The normalized spacial score (nSPS) is 17.2. The maximum atomic E-state index is 13.8. The van der Waals surface area contributed by atoms with Gasteiger partial charge in [-0.05, 0) is 54.0 Å². The third-order valence-corrected chi connectivity index (χ3v) is 8.68. The van der Waals surface area contributed by atoms with Crippen LogP contribution in [0.15, 0.2) is 30.3 Å². The fraction of sp³-hybridized carbons (Fsp3) is 0.636. The molecule has 0 fully saturated rings. The first-order valence-corrected chi connectivity index (χ1v) is 14.6. The second-order valence-corrected chi connectivity index (χ2v) is 12.2. The van der Waals surface area contributed by atoms with Crippen molar-refractivity contribution in [3.05, 3.63) is 35.9 Å². The predicted octanol–water partition coefficient (Wildman–Crippen LogP) is 3.46. The van der Waals surface area contributed by atoms with Crippen LogP contribution in [0.1, 0.15) is 54.0 Å². The van der Waals surface area contributed by atoms with E-state index in [1.54, 1.807) is 32.0 Å². The van der Waals surface area contributed by atoms with Gasteiger partial charge < -0.3 is 19.5 Å². The minimum atomic E-state index is -5.17. The molecule has 0 aliphatic carbocycles. The maximum Gasteiger partial charge on any atom is 0.406 e. The van der Waals surface area contributed by atoms with Gasteiger partial charge in [-0.1, -0.05) is 30.3 Å². The van der Waals surface area contributed by atoms with Gasteiger partial charge in [0.2, 0.25) is 6.10 Å². The highest BCUT2D eigenvalue weighted by Crippen LogP contribution is 2.64. The number of rotatable bonds is 15. The Morgan fingerprint density at radius 2 is 1.42 bits per heavy atom. The van der Waals surface area contributed by atoms with Crippen LogP contribution in [-0.4, -0.2) is 59.6 Å². The van der Waals surface area contributed by atoms with E-state index >= 15 is 0 Å². The third kappa shape index (κ3) is 8.75. The molecule has 12 nitrogen and oxygen atoms in total. The van der Waals surface area contributed by atoms with Crippen molar-refractivity contribution in [1.29, 1.82) is 0 Å². The van der Waals surface area contributed by atoms with E-state index in [-0.39, 0.29) is 18.8 Å². The smallest absolute Gasteiger partial charge is 0.406 e. The van der Waals surface area contributed by atoms with Crippen LogP contribution in [0.5, 0.6) is 0 Å². The van der Waals surface area contributed by atoms with E-state index in [1.165, 1.54) is 46.8 Å². The number of hydrogen-bond acceptors (Lipinski definition) is 10. The van der Waals surface area contributed by atoms with Crippen molar-refractivity contribution in [3.63, 3.8) is 0 Å². The molecule has 0 aliphatic rings. The zero-order valence-electron chi connectivity index (χ0n) is 21.6. The standard InChI is InChI=1S/C22H37NO11P2/c1-8-30-36(29,31-9-2)23-22(7,17-13-11-10-12-14-17)35(27,28)34-19(21(26)33-16(5)6)18(24)20(25)32-15(3)4/h10-16,18-19,24H,8-9H2,1-7H3,(H,23,29)(H,27,28)/t18-,19-,22-/m1/s1. The molecule has 1 aromatic rings. The highest BCUT2D eigenvalue weighted by atomic mass is 31.2. The minimum Gasteiger partial charge on any atom is -0.461 e. The van der Waals surface area contributed by atoms with Crippen molar-refractivity contribution >= 4 is 27.3 Å². The molecular weight excluding hydrogens is 516 g/mol. The van der Waals surface area contributed by atoms with Crippen LogP contribution >= 0.6 is 15.3 Å². The molecular formula is C22H37NO11P2. The molecule has 0 spiro atoms. The second kappa shape index (κ2) is 13.8. The summed E-state index contributed by atoms with van der Waals surface area (Å²) in [6.07, 6.45) is -5.92. The van der Waals surface area contributed by atoms with Crippen LogP contribution in [0, 0.1) is 0 Å². The van der Waals surface area contributed by atoms with Crippen LogP contribution in [-0.2, 0) is 47.0 Å². The second-order valence-electron chi connectivity index (χ2n) is 8.35. The number of esters is 2. The molecule has 0 aliphatic heterocycles. The van der Waals surface area contributed by atoms with Gasteiger partial charge in [-0.15, -0.1) is 0 Å². The number of benzene rings is 1. The van der Waals surface area contributed by atoms with Crippen molar-refractivity contribution < 1.29 is 51.8 Å². The molecule has 206 valence electrons. The summed E-state index contributed by atoms with van der Waals surface area (Å²) in [5.74, 6) is -2.54. The van der Waals surface area contributed by atoms with Gasteiger partial charge in [0.1, 0.15) is 0 Å². The molecule has 36 heavy (non-hydrogen) atoms. The monoisotopic (exact) mass is 553 g/mol. The number of carbonyl (C=O) groups excluding carboxylic acids is 2. The summed E-state index contributed by atoms with van der Waals surface area (Å²) in [6, 6.07) is 7.66. The van der Waals surface area contributed by atoms with Crippen LogP contribution in [0.25, 0.3) is 0 Å². The quantitative estimate of drug-likeness (QED) is 0.214. The van der Waals surface area contributed by atoms with E-state index < -0.39 is 57.0 Å². The molecule has 0 saturated carbocycles. The fourth-order valence-electron chi connectivity index (χ4n) is 2.98. The fourth-order valence-corrected chi connectivity index (χ4v) is 6.59. The summed E-state index contributed by atoms with van der Waals surface area (Å²) in [7, 11) is -9.36. The summed E-state index contributed by atoms with van der Waals surface area (Å²) in [4.78, 5) is 36.3. The molecule has 0 bridgehead atoms. The summed E-state index contributed by atoms with van der Waals surface area (Å²) in [6.45, 7) is 10.2. The van der Waals surface area contributed by atoms with E-state index in [0.29, 0.717) is 0 Å². The molecule has 0 saturated heterocycles. The zero-order chi connectivity index (χ0) is 27.7. The van der Waals surface area contributed by atoms with E-state index in [0.717, 1.165) is 0 Å². The Morgan fingerprint density at radius 3 is 1.86 bits per heavy atom. The van der Waals surface area contributed by atoms with Crippen molar-refractivity contribution in [3.8, 4) is 0 Å². The van der Waals surface area contributed by atoms with Gasteiger partial charge in [-0.2, -0.15) is 0 Å². The minimum absolute atomic E-state index is 0.0607. The summed E-state index contributed by atoms with van der Waals surface area (Å²) in [5.41, 5.74) is 0.116. The van der Waals surface area contributed by atoms with E-state index in [4.69, 9.17) is 23.0 Å². The molecule has 0 heterocycles. The highest BCUT2D eigenvalue weighted by molar-refractivity contribution is 7.57. The SMILES string of the molecule is CCOP(=O)(N[C@@](C)(c1ccccc1)P(=O)(O)O[C@@H](C(=O)OC(C)C)[C@@H](O)C(=O)OC(C)C)OCC. The van der Waals surface area contributed by atoms with Crippen molar-refractivity contribution in [2.24, 2.45) is 0 Å². The molecule has 1 aromatic carbocycles. The Balaban J connectivity index is 3.59. The van der Waals surface area contributed by atoms with Crippen LogP contribution in [0.4, 0.5) is 0 Å².